The summed E-state index contributed by atoms with van der Waals surface area (Å²) >= 11 is 0. The van der Waals surface area contributed by atoms with Crippen molar-refractivity contribution in [1.29, 1.82) is 0 Å². The molecule has 118 valence electrons. The second kappa shape index (κ2) is 7.46. The van der Waals surface area contributed by atoms with Crippen LogP contribution in [0.25, 0.3) is 0 Å². The highest BCUT2D eigenvalue weighted by Crippen LogP contribution is 2.18. The number of likely N-dealkylation sites (tertiary alicyclic amines) is 1. The molecule has 0 aromatic carbocycles. The molecule has 0 aromatic rings. The Kier molecular flexibility index (Phi) is 5.94. The zero-order valence-corrected chi connectivity index (χ0v) is 11.6. The molecule has 0 radical (unpaired) electrons. The number of piperidine rings is 1. The van der Waals surface area contributed by atoms with E-state index in [9.17, 15) is 19.2 Å². The standard InChI is InChI=1S/C12H18N2O7/c1-21-11(19)7-2-4-14(5-3-7)12(20)13-8(10(17)18)6-9(15)16/h7-8H,2-6H2,1H3,(H,13,20)(H,15,16)(H,17,18)/t8-/m1/s1. The number of carbonyl (C=O) groups excluding carboxylic acids is 2. The summed E-state index contributed by atoms with van der Waals surface area (Å²) in [6.45, 7) is 0.565. The number of methoxy groups -OCH3 is 1. The van der Waals surface area contributed by atoms with Crippen LogP contribution in [0.5, 0.6) is 0 Å². The first-order valence-electron chi connectivity index (χ1n) is 6.43. The molecule has 1 fully saturated rings. The van der Waals surface area contributed by atoms with Crippen LogP contribution in [0.4, 0.5) is 4.79 Å². The number of hydrogen-bond donors (Lipinski definition) is 3. The van der Waals surface area contributed by atoms with Crippen molar-refractivity contribution in [3.05, 3.63) is 0 Å². The van der Waals surface area contributed by atoms with Gasteiger partial charge in [0.1, 0.15) is 6.04 Å². The van der Waals surface area contributed by atoms with Gasteiger partial charge in [-0.15, -0.1) is 0 Å². The van der Waals surface area contributed by atoms with E-state index in [1.54, 1.807) is 0 Å². The molecule has 0 aliphatic carbocycles. The monoisotopic (exact) mass is 302 g/mol. The molecule has 0 spiro atoms. The molecule has 1 atom stereocenters. The van der Waals surface area contributed by atoms with Gasteiger partial charge in [-0.1, -0.05) is 0 Å². The van der Waals surface area contributed by atoms with Crippen LogP contribution in [-0.2, 0) is 19.1 Å². The molecule has 1 aliphatic heterocycles. The lowest BCUT2D eigenvalue weighted by molar-refractivity contribution is -0.147. The summed E-state index contributed by atoms with van der Waals surface area (Å²) in [5.74, 6) is -3.32. The van der Waals surface area contributed by atoms with E-state index in [1.165, 1.54) is 12.0 Å². The topological polar surface area (TPSA) is 133 Å². The molecule has 1 saturated heterocycles. The molecule has 1 heterocycles. The Bertz CT molecular complexity index is 429. The van der Waals surface area contributed by atoms with E-state index in [0.29, 0.717) is 12.8 Å². The maximum absolute atomic E-state index is 11.9. The minimum Gasteiger partial charge on any atom is -0.481 e. The molecular formula is C12H18N2O7. The average molecular weight is 302 g/mol. The Morgan fingerprint density at radius 2 is 1.81 bits per heavy atom. The Balaban J connectivity index is 2.51. The van der Waals surface area contributed by atoms with Crippen LogP contribution < -0.4 is 5.32 Å². The SMILES string of the molecule is COC(=O)C1CCN(C(=O)N[C@H](CC(=O)O)C(=O)O)CC1. The molecule has 0 unspecified atom stereocenters. The molecule has 9 nitrogen and oxygen atoms in total. The molecule has 1 rings (SSSR count). The highest BCUT2D eigenvalue weighted by Gasteiger charge is 2.30. The zero-order valence-electron chi connectivity index (χ0n) is 11.6. The van der Waals surface area contributed by atoms with E-state index < -0.39 is 30.4 Å². The Morgan fingerprint density at radius 1 is 1.24 bits per heavy atom. The number of nitrogens with zero attached hydrogens (tertiary/aromatic N) is 1. The fourth-order valence-electron chi connectivity index (χ4n) is 2.10. The first-order chi connectivity index (χ1) is 9.85. The number of aliphatic carboxylic acids is 2. The number of ether oxygens (including phenoxy) is 1. The van der Waals surface area contributed by atoms with Crippen molar-refractivity contribution < 1.29 is 34.1 Å². The minimum absolute atomic E-state index is 0.270. The predicted octanol–water partition coefficient (Wildman–Crippen LogP) is -0.491. The maximum Gasteiger partial charge on any atom is 0.326 e. The van der Waals surface area contributed by atoms with Gasteiger partial charge in [0.25, 0.3) is 0 Å². The van der Waals surface area contributed by atoms with E-state index >= 15 is 0 Å². The fourth-order valence-corrected chi connectivity index (χ4v) is 2.10. The third-order valence-corrected chi connectivity index (χ3v) is 3.29. The highest BCUT2D eigenvalue weighted by atomic mass is 16.5. The fraction of sp³-hybridized carbons (Fsp3) is 0.667. The number of carbonyl (C=O) groups is 4. The zero-order chi connectivity index (χ0) is 16.0. The van der Waals surface area contributed by atoms with Gasteiger partial charge in [0, 0.05) is 13.1 Å². The molecule has 0 aromatic heterocycles. The molecule has 0 bridgehead atoms. The van der Waals surface area contributed by atoms with E-state index in [0.717, 1.165) is 0 Å². The highest BCUT2D eigenvalue weighted by molar-refractivity contribution is 5.86. The second-order valence-corrected chi connectivity index (χ2v) is 4.72. The van der Waals surface area contributed by atoms with Crippen molar-refractivity contribution in [2.24, 2.45) is 5.92 Å². The number of nitrogens with one attached hydrogen (secondary N) is 1. The molecule has 0 saturated carbocycles. The van der Waals surface area contributed by atoms with Crippen molar-refractivity contribution in [3.63, 3.8) is 0 Å². The van der Waals surface area contributed by atoms with Crippen LogP contribution in [-0.4, -0.2) is 65.3 Å². The summed E-state index contributed by atoms with van der Waals surface area (Å²) in [4.78, 5) is 46.0. The first kappa shape index (κ1) is 16.7. The molecule has 21 heavy (non-hydrogen) atoms. The van der Waals surface area contributed by atoms with Gasteiger partial charge in [0.15, 0.2) is 0 Å². The van der Waals surface area contributed by atoms with E-state index in [-0.39, 0.29) is 25.0 Å². The number of carboxylic acids is 2. The van der Waals surface area contributed by atoms with Gasteiger partial charge < -0.3 is 25.2 Å². The molecule has 9 heteroatoms. The van der Waals surface area contributed by atoms with Crippen LogP contribution in [0.1, 0.15) is 19.3 Å². The third-order valence-electron chi connectivity index (χ3n) is 3.29. The number of esters is 1. The van der Waals surface area contributed by atoms with Crippen LogP contribution in [0.3, 0.4) is 0 Å². The number of rotatable bonds is 5. The van der Waals surface area contributed by atoms with Crippen LogP contribution >= 0.6 is 0 Å². The van der Waals surface area contributed by atoms with Gasteiger partial charge in [0.05, 0.1) is 19.4 Å². The summed E-state index contributed by atoms with van der Waals surface area (Å²) in [5, 5.41) is 19.6. The number of hydrogen-bond acceptors (Lipinski definition) is 5. The summed E-state index contributed by atoms with van der Waals surface area (Å²) in [6.07, 6.45) is 0.160. The quantitative estimate of drug-likeness (QED) is 0.583. The van der Waals surface area contributed by atoms with Gasteiger partial charge >= 0.3 is 23.9 Å². The van der Waals surface area contributed by atoms with Gasteiger partial charge in [-0.3, -0.25) is 9.59 Å². The Hall–Kier alpha value is -2.32. The normalized spacial score (nSPS) is 16.9. The lowest BCUT2D eigenvalue weighted by Crippen LogP contribution is -2.51. The second-order valence-electron chi connectivity index (χ2n) is 4.72. The molecule has 1 aliphatic rings. The smallest absolute Gasteiger partial charge is 0.326 e. The maximum atomic E-state index is 11.9. The van der Waals surface area contributed by atoms with Crippen molar-refractivity contribution in [2.75, 3.05) is 20.2 Å². The van der Waals surface area contributed by atoms with Gasteiger partial charge in [-0.25, -0.2) is 9.59 Å². The van der Waals surface area contributed by atoms with E-state index in [4.69, 9.17) is 10.2 Å². The van der Waals surface area contributed by atoms with Gasteiger partial charge in [-0.2, -0.15) is 0 Å². The Morgan fingerprint density at radius 3 is 2.24 bits per heavy atom. The van der Waals surface area contributed by atoms with Crippen LogP contribution in [0, 0.1) is 5.92 Å². The van der Waals surface area contributed by atoms with Gasteiger partial charge in [-0.05, 0) is 12.8 Å². The lowest BCUT2D eigenvalue weighted by Gasteiger charge is -2.31. The Labute approximate surface area is 120 Å². The number of carboxylic acid groups (broad SMARTS) is 2. The van der Waals surface area contributed by atoms with Crippen LogP contribution in [0.15, 0.2) is 0 Å². The van der Waals surface area contributed by atoms with Crippen molar-refractivity contribution in [1.82, 2.24) is 10.2 Å². The number of amides is 2. The predicted molar refractivity (Wildman–Crippen MR) is 68.5 cm³/mol. The largest absolute Gasteiger partial charge is 0.481 e. The average Bonchev–Trinajstić information content (AvgIpc) is 2.45. The summed E-state index contributed by atoms with van der Waals surface area (Å²) in [7, 11) is 1.30. The lowest BCUT2D eigenvalue weighted by atomic mass is 9.97. The summed E-state index contributed by atoms with van der Waals surface area (Å²) in [6, 6.07) is -2.12. The van der Waals surface area contributed by atoms with Crippen molar-refractivity contribution in [2.45, 2.75) is 25.3 Å². The van der Waals surface area contributed by atoms with Crippen molar-refractivity contribution in [3.8, 4) is 0 Å². The van der Waals surface area contributed by atoms with Crippen LogP contribution in [0.2, 0.25) is 0 Å². The molecule has 2 amide bonds. The van der Waals surface area contributed by atoms with E-state index in [2.05, 4.69) is 10.1 Å². The van der Waals surface area contributed by atoms with E-state index in [1.807, 2.05) is 0 Å². The molecular weight excluding hydrogens is 284 g/mol. The summed E-state index contributed by atoms with van der Waals surface area (Å²) in [5.41, 5.74) is 0. The molecule has 3 N–H and O–H groups in total. The third kappa shape index (κ3) is 4.93. The first-order valence-corrected chi connectivity index (χ1v) is 6.43. The van der Waals surface area contributed by atoms with Crippen molar-refractivity contribution >= 4 is 23.9 Å². The summed E-state index contributed by atoms with van der Waals surface area (Å²) < 4.78 is 4.62. The minimum atomic E-state index is -1.48. The van der Waals surface area contributed by atoms with Gasteiger partial charge in [0.2, 0.25) is 0 Å². The number of urea groups is 1.